The van der Waals surface area contributed by atoms with E-state index in [2.05, 4.69) is 5.32 Å². The molecule has 15 heavy (non-hydrogen) atoms. The molecule has 1 aromatic carbocycles. The fourth-order valence-corrected chi connectivity index (χ4v) is 1.91. The highest BCUT2D eigenvalue weighted by atomic mass is 16.3. The average molecular weight is 205 g/mol. The first-order valence-electron chi connectivity index (χ1n) is 5.27. The Hall–Kier alpha value is -1.35. The molecule has 0 bridgehead atoms. The van der Waals surface area contributed by atoms with E-state index >= 15 is 0 Å². The van der Waals surface area contributed by atoms with Gasteiger partial charge in [0, 0.05) is 25.4 Å². The minimum Gasteiger partial charge on any atom is -0.508 e. The Kier molecular flexibility index (Phi) is 3.02. The third-order valence-electron chi connectivity index (χ3n) is 2.81. The number of piperidine rings is 1. The van der Waals surface area contributed by atoms with E-state index in [-0.39, 0.29) is 11.7 Å². The van der Waals surface area contributed by atoms with Gasteiger partial charge in [0.1, 0.15) is 11.5 Å². The third kappa shape index (κ3) is 2.57. The van der Waals surface area contributed by atoms with E-state index in [1.807, 2.05) is 12.1 Å². The van der Waals surface area contributed by atoms with Crippen molar-refractivity contribution in [2.24, 2.45) is 5.92 Å². The van der Waals surface area contributed by atoms with Crippen LogP contribution >= 0.6 is 0 Å². The molecule has 1 aliphatic rings. The van der Waals surface area contributed by atoms with E-state index in [0.717, 1.165) is 25.1 Å². The number of benzene rings is 1. The topological polar surface area (TPSA) is 49.3 Å². The molecular formula is C12H15NO2. The van der Waals surface area contributed by atoms with E-state index in [1.54, 1.807) is 12.1 Å². The van der Waals surface area contributed by atoms with Crippen molar-refractivity contribution < 1.29 is 9.90 Å². The van der Waals surface area contributed by atoms with Gasteiger partial charge in [0.25, 0.3) is 0 Å². The van der Waals surface area contributed by atoms with Gasteiger partial charge in [0.2, 0.25) is 0 Å². The summed E-state index contributed by atoms with van der Waals surface area (Å²) in [5.74, 6) is 0.719. The van der Waals surface area contributed by atoms with Crippen molar-refractivity contribution in [1.82, 2.24) is 5.32 Å². The second-order valence-electron chi connectivity index (χ2n) is 3.99. The van der Waals surface area contributed by atoms with Crippen LogP contribution in [0.25, 0.3) is 0 Å². The van der Waals surface area contributed by atoms with Gasteiger partial charge >= 0.3 is 0 Å². The van der Waals surface area contributed by atoms with E-state index in [1.165, 1.54) is 0 Å². The number of carbonyl (C=O) groups excluding carboxylic acids is 1. The molecule has 1 saturated heterocycles. The number of Topliss-reactive ketones (excluding diaryl/α,β-unsaturated/α-hetero) is 1. The second kappa shape index (κ2) is 4.45. The standard InChI is InChI=1S/C12H15NO2/c14-11-3-1-9(2-4-11)7-10-8-13-6-5-12(10)15/h1-4,10,13-14H,5-8H2. The minimum atomic E-state index is 0.100. The lowest BCUT2D eigenvalue weighted by Gasteiger charge is -2.21. The first-order chi connectivity index (χ1) is 7.25. The zero-order chi connectivity index (χ0) is 10.7. The molecule has 2 N–H and O–H groups in total. The first kappa shape index (κ1) is 10.2. The molecule has 1 fully saturated rings. The van der Waals surface area contributed by atoms with Gasteiger partial charge in [-0.05, 0) is 24.1 Å². The monoisotopic (exact) mass is 205 g/mol. The van der Waals surface area contributed by atoms with Crippen molar-refractivity contribution in [3.8, 4) is 5.75 Å². The number of rotatable bonds is 2. The lowest BCUT2D eigenvalue weighted by Crippen LogP contribution is -2.37. The van der Waals surface area contributed by atoms with Crippen LogP contribution in [0.1, 0.15) is 12.0 Å². The van der Waals surface area contributed by atoms with Crippen LogP contribution in [-0.4, -0.2) is 24.0 Å². The summed E-state index contributed by atoms with van der Waals surface area (Å²) < 4.78 is 0. The average Bonchev–Trinajstić information content (AvgIpc) is 2.25. The number of phenols is 1. The molecule has 2 rings (SSSR count). The van der Waals surface area contributed by atoms with Crippen LogP contribution < -0.4 is 5.32 Å². The van der Waals surface area contributed by atoms with Gasteiger partial charge < -0.3 is 10.4 Å². The number of aromatic hydroxyl groups is 1. The molecular weight excluding hydrogens is 190 g/mol. The quantitative estimate of drug-likeness (QED) is 0.760. The van der Waals surface area contributed by atoms with Crippen LogP contribution in [-0.2, 0) is 11.2 Å². The van der Waals surface area contributed by atoms with Crippen LogP contribution in [0, 0.1) is 5.92 Å². The predicted molar refractivity (Wildman–Crippen MR) is 57.8 cm³/mol. The number of nitrogens with one attached hydrogen (secondary N) is 1. The number of hydrogen-bond donors (Lipinski definition) is 2. The smallest absolute Gasteiger partial charge is 0.138 e. The lowest BCUT2D eigenvalue weighted by atomic mass is 9.91. The molecule has 1 heterocycles. The summed E-state index contributed by atoms with van der Waals surface area (Å²) in [7, 11) is 0. The van der Waals surface area contributed by atoms with E-state index in [0.29, 0.717) is 12.2 Å². The van der Waals surface area contributed by atoms with Crippen molar-refractivity contribution >= 4 is 5.78 Å². The fourth-order valence-electron chi connectivity index (χ4n) is 1.91. The van der Waals surface area contributed by atoms with Crippen molar-refractivity contribution in [2.45, 2.75) is 12.8 Å². The largest absolute Gasteiger partial charge is 0.508 e. The molecule has 1 atom stereocenters. The number of phenolic OH excluding ortho intramolecular Hbond substituents is 1. The molecule has 1 aromatic rings. The highest BCUT2D eigenvalue weighted by Crippen LogP contribution is 2.16. The summed E-state index contributed by atoms with van der Waals surface area (Å²) in [5.41, 5.74) is 1.11. The number of hydrogen-bond acceptors (Lipinski definition) is 3. The highest BCUT2D eigenvalue weighted by molar-refractivity contribution is 5.82. The molecule has 1 aliphatic heterocycles. The molecule has 3 nitrogen and oxygen atoms in total. The van der Waals surface area contributed by atoms with Gasteiger partial charge in [-0.2, -0.15) is 0 Å². The van der Waals surface area contributed by atoms with Crippen LogP contribution in [0.5, 0.6) is 5.75 Å². The molecule has 1 unspecified atom stereocenters. The summed E-state index contributed by atoms with van der Waals surface area (Å²) in [6.07, 6.45) is 1.41. The molecule has 0 radical (unpaired) electrons. The summed E-state index contributed by atoms with van der Waals surface area (Å²) in [4.78, 5) is 11.6. The van der Waals surface area contributed by atoms with Gasteiger partial charge in [-0.3, -0.25) is 4.79 Å². The summed E-state index contributed by atoms with van der Waals surface area (Å²) >= 11 is 0. The normalized spacial score (nSPS) is 21.6. The Bertz CT molecular complexity index is 345. The maximum Gasteiger partial charge on any atom is 0.138 e. The molecule has 80 valence electrons. The Morgan fingerprint density at radius 3 is 2.73 bits per heavy atom. The Morgan fingerprint density at radius 1 is 1.33 bits per heavy atom. The second-order valence-corrected chi connectivity index (χ2v) is 3.99. The van der Waals surface area contributed by atoms with Crippen LogP contribution in [0.2, 0.25) is 0 Å². The van der Waals surface area contributed by atoms with Gasteiger partial charge in [-0.25, -0.2) is 0 Å². The predicted octanol–water partition coefficient (Wildman–Crippen LogP) is 1.11. The van der Waals surface area contributed by atoms with Crippen molar-refractivity contribution in [2.75, 3.05) is 13.1 Å². The molecule has 0 aromatic heterocycles. The van der Waals surface area contributed by atoms with Crippen LogP contribution in [0.3, 0.4) is 0 Å². The zero-order valence-corrected chi connectivity index (χ0v) is 8.57. The maximum absolute atomic E-state index is 11.6. The number of carbonyl (C=O) groups is 1. The summed E-state index contributed by atoms with van der Waals surface area (Å²) in [6.45, 7) is 1.59. The molecule has 0 saturated carbocycles. The van der Waals surface area contributed by atoms with Crippen LogP contribution in [0.4, 0.5) is 0 Å². The molecule has 0 amide bonds. The van der Waals surface area contributed by atoms with Crippen molar-refractivity contribution in [3.05, 3.63) is 29.8 Å². The van der Waals surface area contributed by atoms with E-state index in [4.69, 9.17) is 5.11 Å². The minimum absolute atomic E-state index is 0.100. The summed E-state index contributed by atoms with van der Waals surface area (Å²) in [6, 6.07) is 7.07. The van der Waals surface area contributed by atoms with Gasteiger partial charge in [0.15, 0.2) is 0 Å². The Balaban J connectivity index is 2.01. The highest BCUT2D eigenvalue weighted by Gasteiger charge is 2.21. The van der Waals surface area contributed by atoms with E-state index in [9.17, 15) is 4.79 Å². The van der Waals surface area contributed by atoms with Gasteiger partial charge in [-0.15, -0.1) is 0 Å². The maximum atomic E-state index is 11.6. The van der Waals surface area contributed by atoms with Crippen LogP contribution in [0.15, 0.2) is 24.3 Å². The molecule has 0 spiro atoms. The first-order valence-corrected chi connectivity index (χ1v) is 5.27. The van der Waals surface area contributed by atoms with Gasteiger partial charge in [0.05, 0.1) is 0 Å². The number of ketones is 1. The Labute approximate surface area is 89.1 Å². The molecule has 0 aliphatic carbocycles. The Morgan fingerprint density at radius 2 is 2.07 bits per heavy atom. The van der Waals surface area contributed by atoms with E-state index < -0.39 is 0 Å². The summed E-state index contributed by atoms with van der Waals surface area (Å²) in [5, 5.41) is 12.4. The SMILES string of the molecule is O=C1CCNCC1Cc1ccc(O)cc1. The van der Waals surface area contributed by atoms with Gasteiger partial charge in [-0.1, -0.05) is 12.1 Å². The third-order valence-corrected chi connectivity index (χ3v) is 2.81. The van der Waals surface area contributed by atoms with Crippen molar-refractivity contribution in [1.29, 1.82) is 0 Å². The van der Waals surface area contributed by atoms with Crippen molar-refractivity contribution in [3.63, 3.8) is 0 Å². The molecule has 3 heteroatoms. The lowest BCUT2D eigenvalue weighted by molar-refractivity contribution is -0.123. The zero-order valence-electron chi connectivity index (χ0n) is 8.57. The fraction of sp³-hybridized carbons (Fsp3) is 0.417.